The van der Waals surface area contributed by atoms with Crippen LogP contribution < -0.4 is 10.6 Å². The van der Waals surface area contributed by atoms with Gasteiger partial charge in [0.2, 0.25) is 0 Å². The highest BCUT2D eigenvalue weighted by Gasteiger charge is 2.21. The van der Waals surface area contributed by atoms with E-state index < -0.39 is 0 Å². The van der Waals surface area contributed by atoms with Gasteiger partial charge >= 0.3 is 0 Å². The summed E-state index contributed by atoms with van der Waals surface area (Å²) in [5.74, 6) is 0.0657. The number of carbonyl (C=O) groups excluding carboxylic acids is 1. The number of nitrogens with one attached hydrogen (secondary N) is 2. The largest absolute Gasteiger partial charge is 0.359 e. The molecule has 0 unspecified atom stereocenters. The molecule has 0 saturated carbocycles. The molecule has 1 aliphatic carbocycles. The SMILES string of the molecule is CC(=O)c1ccc(NC(=S)NC2Cc3ccccc3C2)cc1. The molecule has 0 aliphatic heterocycles. The van der Waals surface area contributed by atoms with Gasteiger partial charge in [-0.05, 0) is 67.4 Å². The lowest BCUT2D eigenvalue weighted by Gasteiger charge is -2.16. The van der Waals surface area contributed by atoms with E-state index in [1.54, 1.807) is 19.1 Å². The molecule has 1 aliphatic rings. The van der Waals surface area contributed by atoms with Gasteiger partial charge in [0.05, 0.1) is 0 Å². The molecular formula is C18H18N2OS. The maximum absolute atomic E-state index is 11.3. The Morgan fingerprint density at radius 2 is 1.64 bits per heavy atom. The average Bonchev–Trinajstić information content (AvgIpc) is 2.89. The Balaban J connectivity index is 1.56. The Kier molecular flexibility index (Phi) is 4.20. The van der Waals surface area contributed by atoms with Crippen LogP contribution in [0.5, 0.6) is 0 Å². The number of rotatable bonds is 3. The summed E-state index contributed by atoms with van der Waals surface area (Å²) in [4.78, 5) is 11.3. The van der Waals surface area contributed by atoms with Gasteiger partial charge in [0.25, 0.3) is 0 Å². The molecule has 0 atom stereocenters. The predicted octanol–water partition coefficient (Wildman–Crippen LogP) is 3.34. The van der Waals surface area contributed by atoms with Crippen LogP contribution in [-0.2, 0) is 12.8 Å². The molecule has 0 saturated heterocycles. The van der Waals surface area contributed by atoms with Crippen molar-refractivity contribution in [2.75, 3.05) is 5.32 Å². The maximum Gasteiger partial charge on any atom is 0.171 e. The first-order chi connectivity index (χ1) is 10.6. The molecule has 112 valence electrons. The fourth-order valence-electron chi connectivity index (χ4n) is 2.80. The molecule has 4 heteroatoms. The average molecular weight is 310 g/mol. The third-order valence-corrected chi connectivity index (χ3v) is 4.16. The molecule has 2 aromatic rings. The quantitative estimate of drug-likeness (QED) is 0.674. The zero-order valence-electron chi connectivity index (χ0n) is 12.4. The standard InChI is InChI=1S/C18H18N2OS/c1-12(21)13-6-8-16(9-7-13)19-18(22)20-17-10-14-4-2-3-5-15(14)11-17/h2-9,17H,10-11H2,1H3,(H2,19,20,22). The molecular weight excluding hydrogens is 292 g/mol. The third-order valence-electron chi connectivity index (χ3n) is 3.94. The van der Waals surface area contributed by atoms with E-state index in [9.17, 15) is 4.79 Å². The van der Waals surface area contributed by atoms with E-state index in [2.05, 4.69) is 34.9 Å². The second-order valence-electron chi connectivity index (χ2n) is 5.61. The molecule has 2 aromatic carbocycles. The first-order valence-corrected chi connectivity index (χ1v) is 7.78. The van der Waals surface area contributed by atoms with Crippen molar-refractivity contribution in [3.8, 4) is 0 Å². The molecule has 22 heavy (non-hydrogen) atoms. The topological polar surface area (TPSA) is 41.1 Å². The van der Waals surface area contributed by atoms with Crippen LogP contribution >= 0.6 is 12.2 Å². The molecule has 2 N–H and O–H groups in total. The Bertz CT molecular complexity index is 684. The summed E-state index contributed by atoms with van der Waals surface area (Å²) >= 11 is 5.38. The van der Waals surface area contributed by atoms with E-state index in [0.717, 1.165) is 18.5 Å². The first kappa shape index (κ1) is 14.7. The second kappa shape index (κ2) is 6.28. The van der Waals surface area contributed by atoms with Gasteiger partial charge in [-0.1, -0.05) is 24.3 Å². The maximum atomic E-state index is 11.3. The van der Waals surface area contributed by atoms with Crippen LogP contribution in [0, 0.1) is 0 Å². The molecule has 0 bridgehead atoms. The molecule has 0 amide bonds. The Labute approximate surface area is 135 Å². The van der Waals surface area contributed by atoms with Gasteiger partial charge in [-0.15, -0.1) is 0 Å². The van der Waals surface area contributed by atoms with Crippen molar-refractivity contribution >= 4 is 28.8 Å². The van der Waals surface area contributed by atoms with Crippen molar-refractivity contribution in [3.63, 3.8) is 0 Å². The van der Waals surface area contributed by atoms with Gasteiger partial charge in [0.1, 0.15) is 0 Å². The van der Waals surface area contributed by atoms with Crippen LogP contribution in [-0.4, -0.2) is 16.9 Å². The number of hydrogen-bond donors (Lipinski definition) is 2. The molecule has 0 fully saturated rings. The van der Waals surface area contributed by atoms with Crippen LogP contribution in [0.15, 0.2) is 48.5 Å². The smallest absolute Gasteiger partial charge is 0.171 e. The summed E-state index contributed by atoms with van der Waals surface area (Å²) in [6, 6.07) is 16.2. The monoisotopic (exact) mass is 310 g/mol. The minimum Gasteiger partial charge on any atom is -0.359 e. The van der Waals surface area contributed by atoms with E-state index in [1.165, 1.54) is 11.1 Å². The fraction of sp³-hybridized carbons (Fsp3) is 0.222. The number of Topliss-reactive ketones (excluding diaryl/α,β-unsaturated/α-hetero) is 1. The van der Waals surface area contributed by atoms with E-state index in [0.29, 0.717) is 16.7 Å². The molecule has 0 spiro atoms. The summed E-state index contributed by atoms with van der Waals surface area (Å²) in [7, 11) is 0. The van der Waals surface area contributed by atoms with Crippen molar-refractivity contribution in [2.24, 2.45) is 0 Å². The van der Waals surface area contributed by atoms with Crippen molar-refractivity contribution in [2.45, 2.75) is 25.8 Å². The predicted molar refractivity (Wildman–Crippen MR) is 93.4 cm³/mol. The Hall–Kier alpha value is -2.20. The Morgan fingerprint density at radius 1 is 1.05 bits per heavy atom. The van der Waals surface area contributed by atoms with Crippen LogP contribution in [0.1, 0.15) is 28.4 Å². The molecule has 0 aromatic heterocycles. The summed E-state index contributed by atoms with van der Waals surface area (Å²) in [5.41, 5.74) is 4.39. The van der Waals surface area contributed by atoms with Crippen LogP contribution in [0.2, 0.25) is 0 Å². The number of carbonyl (C=O) groups is 1. The molecule has 0 heterocycles. The zero-order chi connectivity index (χ0) is 15.5. The van der Waals surface area contributed by atoms with Gasteiger partial charge in [0, 0.05) is 17.3 Å². The van der Waals surface area contributed by atoms with Crippen molar-refractivity contribution in [1.29, 1.82) is 0 Å². The van der Waals surface area contributed by atoms with Gasteiger partial charge in [-0.3, -0.25) is 4.79 Å². The third kappa shape index (κ3) is 3.34. The Morgan fingerprint density at radius 3 is 2.18 bits per heavy atom. The second-order valence-corrected chi connectivity index (χ2v) is 6.01. The summed E-state index contributed by atoms with van der Waals surface area (Å²) in [5, 5.41) is 7.15. The number of fused-ring (bicyclic) bond motifs is 1. The molecule has 3 nitrogen and oxygen atoms in total. The van der Waals surface area contributed by atoms with Gasteiger partial charge < -0.3 is 10.6 Å². The lowest BCUT2D eigenvalue weighted by molar-refractivity contribution is 0.101. The van der Waals surface area contributed by atoms with Gasteiger partial charge in [-0.2, -0.15) is 0 Å². The van der Waals surface area contributed by atoms with Crippen LogP contribution in [0.4, 0.5) is 5.69 Å². The van der Waals surface area contributed by atoms with Gasteiger partial charge in [0.15, 0.2) is 10.9 Å². The summed E-state index contributed by atoms with van der Waals surface area (Å²) in [6.07, 6.45) is 2.00. The minimum atomic E-state index is 0.0657. The minimum absolute atomic E-state index is 0.0657. The lowest BCUT2D eigenvalue weighted by Crippen LogP contribution is -2.38. The van der Waals surface area contributed by atoms with Gasteiger partial charge in [-0.25, -0.2) is 0 Å². The number of thiocarbonyl (C=S) groups is 1. The summed E-state index contributed by atoms with van der Waals surface area (Å²) < 4.78 is 0. The van der Waals surface area contributed by atoms with Crippen molar-refractivity contribution in [3.05, 3.63) is 65.2 Å². The number of anilines is 1. The van der Waals surface area contributed by atoms with Crippen LogP contribution in [0.25, 0.3) is 0 Å². The first-order valence-electron chi connectivity index (χ1n) is 7.37. The molecule has 0 radical (unpaired) electrons. The number of ketones is 1. The highest BCUT2D eigenvalue weighted by molar-refractivity contribution is 7.80. The molecule has 3 rings (SSSR count). The van der Waals surface area contributed by atoms with Crippen LogP contribution in [0.3, 0.4) is 0 Å². The van der Waals surface area contributed by atoms with Crippen molar-refractivity contribution in [1.82, 2.24) is 5.32 Å². The highest BCUT2D eigenvalue weighted by Crippen LogP contribution is 2.21. The normalized spacial score (nSPS) is 13.5. The van der Waals surface area contributed by atoms with E-state index >= 15 is 0 Å². The summed E-state index contributed by atoms with van der Waals surface area (Å²) in [6.45, 7) is 1.56. The number of hydrogen-bond acceptors (Lipinski definition) is 2. The van der Waals surface area contributed by atoms with Crippen molar-refractivity contribution < 1.29 is 4.79 Å². The number of benzene rings is 2. The zero-order valence-corrected chi connectivity index (χ0v) is 13.2. The van der Waals surface area contributed by atoms with E-state index in [4.69, 9.17) is 12.2 Å². The van der Waals surface area contributed by atoms with E-state index in [-0.39, 0.29) is 5.78 Å². The fourth-order valence-corrected chi connectivity index (χ4v) is 3.09. The van der Waals surface area contributed by atoms with E-state index in [1.807, 2.05) is 12.1 Å². The highest BCUT2D eigenvalue weighted by atomic mass is 32.1. The lowest BCUT2D eigenvalue weighted by atomic mass is 10.1.